The normalized spacial score (nSPS) is 20.4. The summed E-state index contributed by atoms with van der Waals surface area (Å²) in [7, 11) is 0. The Hall–Kier alpha value is -2.69. The lowest BCUT2D eigenvalue weighted by Gasteiger charge is -2.30. The molecule has 2 aliphatic heterocycles. The Labute approximate surface area is 170 Å². The molecule has 152 valence electrons. The van der Waals surface area contributed by atoms with Gasteiger partial charge in [0.25, 0.3) is 0 Å². The van der Waals surface area contributed by atoms with Gasteiger partial charge in [0.1, 0.15) is 0 Å². The van der Waals surface area contributed by atoms with Gasteiger partial charge in [-0.2, -0.15) is 5.26 Å². The van der Waals surface area contributed by atoms with E-state index >= 15 is 0 Å². The predicted octanol–water partition coefficient (Wildman–Crippen LogP) is 3.09. The van der Waals surface area contributed by atoms with Gasteiger partial charge >= 0.3 is 0 Å². The van der Waals surface area contributed by atoms with Crippen LogP contribution in [0.5, 0.6) is 11.5 Å². The van der Waals surface area contributed by atoms with Crippen molar-refractivity contribution in [3.63, 3.8) is 0 Å². The minimum Gasteiger partial charge on any atom is -0.504 e. The quantitative estimate of drug-likeness (QED) is 0.610. The molecule has 2 aliphatic rings. The van der Waals surface area contributed by atoms with Gasteiger partial charge in [0.2, 0.25) is 0 Å². The predicted molar refractivity (Wildman–Crippen MR) is 111 cm³/mol. The van der Waals surface area contributed by atoms with Crippen molar-refractivity contribution in [3.05, 3.63) is 23.4 Å². The van der Waals surface area contributed by atoms with Gasteiger partial charge in [-0.3, -0.25) is 9.98 Å². The first-order valence-corrected chi connectivity index (χ1v) is 10.2. The molecule has 1 unspecified atom stereocenters. The van der Waals surface area contributed by atoms with Gasteiger partial charge in [0.15, 0.2) is 11.5 Å². The van der Waals surface area contributed by atoms with Gasteiger partial charge in [-0.1, -0.05) is 0 Å². The first-order valence-electron chi connectivity index (χ1n) is 10.2. The Morgan fingerprint density at radius 1 is 1.28 bits per heavy atom. The van der Waals surface area contributed by atoms with E-state index in [0.29, 0.717) is 37.5 Å². The van der Waals surface area contributed by atoms with E-state index < -0.39 is 0 Å². The van der Waals surface area contributed by atoms with Crippen LogP contribution < -0.4 is 0 Å². The van der Waals surface area contributed by atoms with Crippen LogP contribution in [0.3, 0.4) is 0 Å². The van der Waals surface area contributed by atoms with E-state index in [1.807, 2.05) is 6.21 Å². The van der Waals surface area contributed by atoms with Crippen molar-refractivity contribution in [1.82, 2.24) is 9.88 Å². The summed E-state index contributed by atoms with van der Waals surface area (Å²) in [4.78, 5) is 11.9. The average molecular weight is 394 g/mol. The van der Waals surface area contributed by atoms with E-state index in [-0.39, 0.29) is 11.5 Å². The van der Waals surface area contributed by atoms with Crippen LogP contribution in [0.1, 0.15) is 30.5 Å². The van der Waals surface area contributed by atoms with Crippen LogP contribution in [-0.4, -0.2) is 59.2 Å². The van der Waals surface area contributed by atoms with Crippen LogP contribution in [0.4, 0.5) is 5.69 Å². The summed E-state index contributed by atoms with van der Waals surface area (Å²) < 4.78 is 5.63. The molecule has 0 radical (unpaired) electrons. The fourth-order valence-electron chi connectivity index (χ4n) is 4.23. The Morgan fingerprint density at radius 3 is 2.97 bits per heavy atom. The van der Waals surface area contributed by atoms with Crippen molar-refractivity contribution in [2.45, 2.75) is 32.1 Å². The monoisotopic (exact) mass is 394 g/mol. The SMILES string of the molecule is N#CCCN1CCCC(C=Nc2c3c(nc4cc(O)c(O)cc24)CCOCC3)C1. The highest BCUT2D eigenvalue weighted by atomic mass is 16.5. The molecule has 1 atom stereocenters. The molecule has 7 heteroatoms. The zero-order chi connectivity index (χ0) is 20.2. The van der Waals surface area contributed by atoms with E-state index in [1.165, 1.54) is 6.07 Å². The number of phenolic OH excluding ortho intramolecular Hbond substituents is 2. The number of hydrogen-bond acceptors (Lipinski definition) is 7. The van der Waals surface area contributed by atoms with Crippen molar-refractivity contribution in [2.75, 3.05) is 32.8 Å². The maximum Gasteiger partial charge on any atom is 0.159 e. The van der Waals surface area contributed by atoms with Gasteiger partial charge in [-0.25, -0.2) is 0 Å². The number of benzene rings is 1. The molecule has 29 heavy (non-hydrogen) atoms. The number of likely N-dealkylation sites (tertiary alicyclic amines) is 1. The third kappa shape index (κ3) is 4.34. The molecule has 2 N–H and O–H groups in total. The summed E-state index contributed by atoms with van der Waals surface area (Å²) in [6.45, 7) is 3.99. The number of aromatic nitrogens is 1. The van der Waals surface area contributed by atoms with Crippen LogP contribution in [-0.2, 0) is 17.6 Å². The molecular weight excluding hydrogens is 368 g/mol. The smallest absolute Gasteiger partial charge is 0.159 e. The number of aromatic hydroxyl groups is 2. The summed E-state index contributed by atoms with van der Waals surface area (Å²) in [5, 5.41) is 29.5. The Balaban J connectivity index is 1.70. The Kier molecular flexibility index (Phi) is 5.93. The standard InChI is InChI=1S/C22H26N4O3/c23-6-2-8-26-7-1-3-15(14-26)13-24-22-16-4-9-29-10-5-18(16)25-19-12-21(28)20(27)11-17(19)22/h11-13,15,27-28H,1-5,7-10,14H2. The van der Waals surface area contributed by atoms with E-state index in [2.05, 4.69) is 11.0 Å². The largest absolute Gasteiger partial charge is 0.504 e. The summed E-state index contributed by atoms with van der Waals surface area (Å²) in [6, 6.07) is 5.27. The lowest BCUT2D eigenvalue weighted by atomic mass is 9.98. The number of nitrogens with zero attached hydrogens (tertiary/aromatic N) is 4. The van der Waals surface area contributed by atoms with Crippen LogP contribution in [0.15, 0.2) is 17.1 Å². The average Bonchev–Trinajstić information content (AvgIpc) is 2.96. The molecule has 1 aromatic carbocycles. The number of hydrogen-bond donors (Lipinski definition) is 2. The van der Waals surface area contributed by atoms with Crippen molar-refractivity contribution in [3.8, 4) is 17.6 Å². The molecule has 7 nitrogen and oxygen atoms in total. The lowest BCUT2D eigenvalue weighted by Crippen LogP contribution is -2.36. The molecule has 2 aromatic rings. The second kappa shape index (κ2) is 8.76. The van der Waals surface area contributed by atoms with Crippen molar-refractivity contribution >= 4 is 22.8 Å². The number of phenols is 2. The summed E-state index contributed by atoms with van der Waals surface area (Å²) in [6.07, 6.45) is 6.18. The fourth-order valence-corrected chi connectivity index (χ4v) is 4.23. The number of nitriles is 1. The Bertz CT molecular complexity index is 967. The van der Waals surface area contributed by atoms with Gasteiger partial charge in [0, 0.05) is 60.8 Å². The highest BCUT2D eigenvalue weighted by Gasteiger charge is 2.21. The molecule has 0 amide bonds. The maximum atomic E-state index is 10.0. The molecule has 0 saturated carbocycles. The second-order valence-electron chi connectivity index (χ2n) is 7.75. The van der Waals surface area contributed by atoms with Gasteiger partial charge in [-0.15, -0.1) is 0 Å². The van der Waals surface area contributed by atoms with Gasteiger partial charge in [0.05, 0.1) is 30.5 Å². The van der Waals surface area contributed by atoms with Crippen molar-refractivity contribution in [1.29, 1.82) is 5.26 Å². The number of ether oxygens (including phenoxy) is 1. The third-order valence-corrected chi connectivity index (χ3v) is 5.71. The molecule has 1 saturated heterocycles. The molecule has 1 aromatic heterocycles. The maximum absolute atomic E-state index is 10.0. The van der Waals surface area contributed by atoms with Crippen LogP contribution in [0.2, 0.25) is 0 Å². The number of aliphatic imine (C=N–C) groups is 1. The molecule has 0 spiro atoms. The molecule has 0 aliphatic carbocycles. The minimum atomic E-state index is -0.176. The molecule has 3 heterocycles. The molecule has 4 rings (SSSR count). The minimum absolute atomic E-state index is 0.166. The first-order chi connectivity index (χ1) is 14.2. The number of piperidine rings is 1. The van der Waals surface area contributed by atoms with Crippen LogP contribution in [0.25, 0.3) is 10.9 Å². The van der Waals surface area contributed by atoms with E-state index in [4.69, 9.17) is 20.0 Å². The topological polar surface area (TPSA) is 102 Å². The summed E-state index contributed by atoms with van der Waals surface area (Å²) >= 11 is 0. The highest BCUT2D eigenvalue weighted by molar-refractivity contribution is 5.95. The first kappa shape index (κ1) is 19.6. The molecule has 1 fully saturated rings. The fraction of sp³-hybridized carbons (Fsp3) is 0.500. The van der Waals surface area contributed by atoms with E-state index in [0.717, 1.165) is 61.2 Å². The molecular formula is C22H26N4O3. The highest BCUT2D eigenvalue weighted by Crippen LogP contribution is 2.38. The van der Waals surface area contributed by atoms with Crippen molar-refractivity contribution in [2.24, 2.45) is 10.9 Å². The van der Waals surface area contributed by atoms with E-state index in [9.17, 15) is 10.2 Å². The zero-order valence-corrected chi connectivity index (χ0v) is 16.5. The van der Waals surface area contributed by atoms with Crippen LogP contribution >= 0.6 is 0 Å². The summed E-state index contributed by atoms with van der Waals surface area (Å²) in [5.74, 6) is -0.0138. The van der Waals surface area contributed by atoms with Crippen molar-refractivity contribution < 1.29 is 14.9 Å². The molecule has 0 bridgehead atoms. The third-order valence-electron chi connectivity index (χ3n) is 5.71. The number of fused-ring (bicyclic) bond motifs is 2. The Morgan fingerprint density at radius 2 is 2.10 bits per heavy atom. The number of rotatable bonds is 4. The lowest BCUT2D eigenvalue weighted by molar-refractivity contribution is 0.146. The van der Waals surface area contributed by atoms with Crippen LogP contribution in [0, 0.1) is 17.2 Å². The van der Waals surface area contributed by atoms with Gasteiger partial charge < -0.3 is 19.8 Å². The summed E-state index contributed by atoms with van der Waals surface area (Å²) in [5.41, 5.74) is 3.47. The zero-order valence-electron chi connectivity index (χ0n) is 16.5. The second-order valence-corrected chi connectivity index (χ2v) is 7.75. The number of pyridine rings is 1. The van der Waals surface area contributed by atoms with Gasteiger partial charge in [-0.05, 0) is 31.9 Å². The van der Waals surface area contributed by atoms with E-state index in [1.54, 1.807) is 6.07 Å².